The highest BCUT2D eigenvalue weighted by Gasteiger charge is 2.77. The fraction of sp³-hybridized carbons (Fsp3) is 0.516. The van der Waals surface area contributed by atoms with Crippen LogP contribution in [0.3, 0.4) is 0 Å². The van der Waals surface area contributed by atoms with Crippen LogP contribution in [0.15, 0.2) is 55.1 Å². The Morgan fingerprint density at radius 2 is 1.95 bits per heavy atom. The van der Waals surface area contributed by atoms with E-state index in [0.717, 1.165) is 29.3 Å². The molecular weight excluding hydrogens is 512 g/mol. The summed E-state index contributed by atoms with van der Waals surface area (Å²) in [6.07, 6.45) is 5.25. The normalized spacial score (nSPS) is 29.1. The number of amides is 2. The van der Waals surface area contributed by atoms with Gasteiger partial charge in [-0.1, -0.05) is 36.4 Å². The zero-order valence-electron chi connectivity index (χ0n) is 22.8. The highest BCUT2D eigenvalue weighted by molar-refractivity contribution is 8.02. The highest BCUT2D eigenvalue weighted by Crippen LogP contribution is 2.71. The Kier molecular flexibility index (Phi) is 7.80. The van der Waals surface area contributed by atoms with E-state index in [-0.39, 0.29) is 31.0 Å². The fourth-order valence-corrected chi connectivity index (χ4v) is 9.39. The van der Waals surface area contributed by atoms with E-state index in [1.807, 2.05) is 42.5 Å². The maximum absolute atomic E-state index is 14.7. The number of likely N-dealkylation sites (tertiary alicyclic amines) is 1. The molecule has 1 N–H and O–H groups in total. The number of aliphatic hydroxyl groups is 1. The number of thioether (sulfide) groups is 1. The van der Waals surface area contributed by atoms with Crippen LogP contribution in [0.5, 0.6) is 0 Å². The molecule has 5 rings (SSSR count). The monoisotopic (exact) mass is 550 g/mol. The number of benzene rings is 2. The molecule has 0 radical (unpaired) electrons. The smallest absolute Gasteiger partial charge is 0.311 e. The summed E-state index contributed by atoms with van der Waals surface area (Å²) in [5.41, 5.74) is 0.761. The Bertz CT molecular complexity index is 1280. The molecule has 39 heavy (non-hydrogen) atoms. The first-order chi connectivity index (χ1) is 18.8. The van der Waals surface area contributed by atoms with Crippen LogP contribution in [0.25, 0.3) is 10.8 Å². The van der Waals surface area contributed by atoms with E-state index >= 15 is 0 Å². The van der Waals surface area contributed by atoms with Gasteiger partial charge in [-0.3, -0.25) is 14.4 Å². The number of nitrogens with zero attached hydrogens (tertiary/aromatic N) is 2. The third kappa shape index (κ3) is 4.55. The fourth-order valence-electron chi connectivity index (χ4n) is 7.05. The number of hydrogen-bond acceptors (Lipinski definition) is 6. The van der Waals surface area contributed by atoms with Crippen molar-refractivity contribution < 1.29 is 24.2 Å². The molecule has 2 bridgehead atoms. The van der Waals surface area contributed by atoms with Crippen LogP contribution in [-0.2, 0) is 19.1 Å². The SMILES string of the molecule is C=CCN(C(=O)C1N(CCCCCO)C(=O)[C@@H]2[C@@H](C(=O)OCC)[C@@]3(C)CCC12S3)c1ccc2ccccc2c1. The van der Waals surface area contributed by atoms with Gasteiger partial charge in [0.2, 0.25) is 5.91 Å². The number of anilines is 1. The van der Waals surface area contributed by atoms with Crippen molar-refractivity contribution in [2.75, 3.05) is 31.2 Å². The lowest BCUT2D eigenvalue weighted by Crippen LogP contribution is -2.55. The molecule has 7 nitrogen and oxygen atoms in total. The first-order valence-electron chi connectivity index (χ1n) is 14.0. The molecule has 5 atom stereocenters. The molecule has 2 unspecified atom stereocenters. The summed E-state index contributed by atoms with van der Waals surface area (Å²) >= 11 is 1.66. The molecule has 3 fully saturated rings. The molecule has 3 saturated heterocycles. The minimum atomic E-state index is -0.693. The van der Waals surface area contributed by atoms with Gasteiger partial charge in [0.1, 0.15) is 6.04 Å². The summed E-state index contributed by atoms with van der Waals surface area (Å²) in [6.45, 7) is 8.83. The van der Waals surface area contributed by atoms with E-state index in [9.17, 15) is 19.5 Å². The topological polar surface area (TPSA) is 87.2 Å². The lowest BCUT2D eigenvalue weighted by molar-refractivity contribution is -0.155. The van der Waals surface area contributed by atoms with E-state index in [4.69, 9.17) is 4.74 Å². The molecule has 0 saturated carbocycles. The van der Waals surface area contributed by atoms with Gasteiger partial charge in [-0.2, -0.15) is 0 Å². The number of aliphatic hydroxyl groups excluding tert-OH is 1. The lowest BCUT2D eigenvalue weighted by atomic mass is 9.66. The first kappa shape index (κ1) is 27.7. The maximum atomic E-state index is 14.7. The van der Waals surface area contributed by atoms with Gasteiger partial charge in [0.05, 0.1) is 23.2 Å². The molecule has 0 aliphatic carbocycles. The van der Waals surface area contributed by atoms with Crippen LogP contribution in [0.2, 0.25) is 0 Å². The Morgan fingerprint density at radius 3 is 2.67 bits per heavy atom. The van der Waals surface area contributed by atoms with Crippen LogP contribution < -0.4 is 4.90 Å². The Hall–Kier alpha value is -2.84. The van der Waals surface area contributed by atoms with Gasteiger partial charge in [0.15, 0.2) is 0 Å². The number of hydrogen-bond donors (Lipinski definition) is 1. The predicted molar refractivity (Wildman–Crippen MR) is 155 cm³/mol. The molecule has 2 aromatic carbocycles. The number of ether oxygens (including phenoxy) is 1. The van der Waals surface area contributed by atoms with Crippen LogP contribution >= 0.6 is 11.8 Å². The second-order valence-corrected chi connectivity index (χ2v) is 13.0. The van der Waals surface area contributed by atoms with Gasteiger partial charge in [-0.15, -0.1) is 18.3 Å². The third-order valence-electron chi connectivity index (χ3n) is 8.73. The van der Waals surface area contributed by atoms with Gasteiger partial charge in [0, 0.05) is 30.1 Å². The molecule has 208 valence electrons. The summed E-state index contributed by atoms with van der Waals surface area (Å²) < 4.78 is 4.35. The number of unbranched alkanes of at least 4 members (excludes halogenated alkanes) is 2. The van der Waals surface area contributed by atoms with Crippen molar-refractivity contribution >= 4 is 46.0 Å². The Labute approximate surface area is 234 Å². The van der Waals surface area contributed by atoms with E-state index in [2.05, 4.69) is 13.5 Å². The standard InChI is InChI=1S/C31H38N2O5S/c1-4-17-32(23-14-13-21-11-7-8-12-22(21)20-23)28(36)26-31-16-15-30(3,39-31)25(29(37)38-5-2)24(31)27(35)33(26)18-9-6-10-19-34/h4,7-8,11-14,20,24-26,34H,1,5-6,9-10,15-19H2,2-3H3/t24-,25-,26?,30+,31?/m0/s1. The molecule has 2 amide bonds. The molecule has 8 heteroatoms. The first-order valence-corrected chi connectivity index (χ1v) is 14.8. The number of rotatable bonds is 11. The van der Waals surface area contributed by atoms with Crippen LogP contribution in [0.1, 0.15) is 46.0 Å². The van der Waals surface area contributed by atoms with E-state index in [1.165, 1.54) is 0 Å². The van der Waals surface area contributed by atoms with Crippen LogP contribution in [-0.4, -0.2) is 69.6 Å². The quantitative estimate of drug-likeness (QED) is 0.251. The van der Waals surface area contributed by atoms with Gasteiger partial charge in [0.25, 0.3) is 5.91 Å². The number of carbonyl (C=O) groups excluding carboxylic acids is 3. The Balaban J connectivity index is 1.56. The van der Waals surface area contributed by atoms with Gasteiger partial charge in [-0.25, -0.2) is 0 Å². The average molecular weight is 551 g/mol. The van der Waals surface area contributed by atoms with E-state index in [1.54, 1.807) is 34.6 Å². The highest BCUT2D eigenvalue weighted by atomic mass is 32.2. The lowest BCUT2D eigenvalue weighted by Gasteiger charge is -2.37. The van der Waals surface area contributed by atoms with E-state index < -0.39 is 27.4 Å². The largest absolute Gasteiger partial charge is 0.466 e. The second-order valence-electron chi connectivity index (χ2n) is 11.1. The van der Waals surface area contributed by atoms with Crippen molar-refractivity contribution in [1.29, 1.82) is 0 Å². The molecule has 2 aromatic rings. The van der Waals surface area contributed by atoms with Crippen molar-refractivity contribution in [1.82, 2.24) is 4.90 Å². The predicted octanol–water partition coefficient (Wildman–Crippen LogP) is 4.57. The number of esters is 1. The van der Waals surface area contributed by atoms with Crippen molar-refractivity contribution in [3.63, 3.8) is 0 Å². The molecule has 3 aliphatic rings. The number of carbonyl (C=O) groups is 3. The average Bonchev–Trinajstić information content (AvgIpc) is 3.50. The van der Waals surface area contributed by atoms with Gasteiger partial charge >= 0.3 is 5.97 Å². The third-order valence-corrected chi connectivity index (χ3v) is 10.7. The van der Waals surface area contributed by atoms with Gasteiger partial charge < -0.3 is 19.6 Å². The summed E-state index contributed by atoms with van der Waals surface area (Å²) in [5, 5.41) is 11.4. The molecule has 3 heterocycles. The molecule has 3 aliphatic heterocycles. The van der Waals surface area contributed by atoms with Crippen LogP contribution in [0, 0.1) is 11.8 Å². The minimum absolute atomic E-state index is 0.0943. The molecular formula is C31H38N2O5S. The van der Waals surface area contributed by atoms with Gasteiger partial charge in [-0.05, 0) is 68.9 Å². The molecule has 0 aromatic heterocycles. The summed E-state index contributed by atoms with van der Waals surface area (Å²) in [5.74, 6) is -1.75. The summed E-state index contributed by atoms with van der Waals surface area (Å²) in [4.78, 5) is 45.6. The van der Waals surface area contributed by atoms with Crippen molar-refractivity contribution in [2.45, 2.75) is 61.5 Å². The van der Waals surface area contributed by atoms with Crippen molar-refractivity contribution in [2.24, 2.45) is 11.8 Å². The minimum Gasteiger partial charge on any atom is -0.466 e. The maximum Gasteiger partial charge on any atom is 0.311 e. The zero-order valence-corrected chi connectivity index (χ0v) is 23.6. The van der Waals surface area contributed by atoms with Crippen molar-refractivity contribution in [3.8, 4) is 0 Å². The van der Waals surface area contributed by atoms with Crippen LogP contribution in [0.4, 0.5) is 5.69 Å². The Morgan fingerprint density at radius 1 is 1.18 bits per heavy atom. The van der Waals surface area contributed by atoms with Crippen molar-refractivity contribution in [3.05, 3.63) is 55.1 Å². The molecule has 1 spiro atoms. The number of fused-ring (bicyclic) bond motifs is 2. The zero-order chi connectivity index (χ0) is 27.8. The second kappa shape index (κ2) is 11.0. The summed E-state index contributed by atoms with van der Waals surface area (Å²) in [6, 6.07) is 13.3. The summed E-state index contributed by atoms with van der Waals surface area (Å²) in [7, 11) is 0. The van der Waals surface area contributed by atoms with E-state index in [0.29, 0.717) is 32.4 Å².